The molecule has 1 aromatic carbocycles. The van der Waals surface area contributed by atoms with Gasteiger partial charge in [-0.3, -0.25) is 0 Å². The molecular weight excluding hydrogens is 204 g/mol. The molecule has 1 aromatic heterocycles. The molecule has 1 heterocycles. The molecule has 2 aromatic rings. The van der Waals surface area contributed by atoms with E-state index < -0.39 is 23.7 Å². The fraction of sp³-hybridized carbons (Fsp3) is 0.100. The van der Waals surface area contributed by atoms with Crippen LogP contribution < -0.4 is 0 Å². The Labute approximate surface area is 83.3 Å². The maximum atomic E-state index is 12.7. The topological polar surface area (TPSA) is 53.1 Å². The van der Waals surface area contributed by atoms with Crippen molar-refractivity contribution in [3.05, 3.63) is 35.5 Å². The Kier molecular flexibility index (Phi) is 2.15. The van der Waals surface area contributed by atoms with Gasteiger partial charge in [0.15, 0.2) is 0 Å². The lowest BCUT2D eigenvalue weighted by atomic mass is 10.1. The molecule has 15 heavy (non-hydrogen) atoms. The van der Waals surface area contributed by atoms with Gasteiger partial charge in [0.05, 0.1) is 5.56 Å². The predicted octanol–water partition coefficient (Wildman–Crippen LogP) is 2.80. The van der Waals surface area contributed by atoms with Crippen molar-refractivity contribution in [2.75, 3.05) is 0 Å². The van der Waals surface area contributed by atoms with Crippen LogP contribution in [0.5, 0.6) is 0 Å². The summed E-state index contributed by atoms with van der Waals surface area (Å²) in [6, 6.07) is 6.28. The molecule has 2 rings (SSSR count). The molecule has 0 spiro atoms. The minimum Gasteiger partial charge on any atom is -0.477 e. The van der Waals surface area contributed by atoms with Crippen molar-refractivity contribution in [2.24, 2.45) is 0 Å². The molecule has 0 saturated heterocycles. The highest BCUT2D eigenvalue weighted by molar-refractivity contribution is 5.97. The van der Waals surface area contributed by atoms with E-state index in [0.717, 1.165) is 0 Å². The van der Waals surface area contributed by atoms with Crippen LogP contribution in [0.25, 0.3) is 10.9 Å². The molecule has 0 saturated carbocycles. The number of halogens is 2. The number of benzene rings is 1. The van der Waals surface area contributed by atoms with Crippen molar-refractivity contribution < 1.29 is 18.7 Å². The quantitative estimate of drug-likeness (QED) is 0.802. The predicted molar refractivity (Wildman–Crippen MR) is 50.2 cm³/mol. The summed E-state index contributed by atoms with van der Waals surface area (Å²) in [6.07, 6.45) is -2.80. The molecule has 0 fully saturated rings. The van der Waals surface area contributed by atoms with E-state index in [0.29, 0.717) is 5.52 Å². The van der Waals surface area contributed by atoms with Gasteiger partial charge in [-0.25, -0.2) is 13.6 Å². The molecule has 0 radical (unpaired) electrons. The first-order valence-corrected chi connectivity index (χ1v) is 4.23. The lowest BCUT2D eigenvalue weighted by Gasteiger charge is -1.98. The van der Waals surface area contributed by atoms with Crippen molar-refractivity contribution in [2.45, 2.75) is 6.43 Å². The molecule has 0 aliphatic rings. The minimum absolute atomic E-state index is 0.255. The maximum absolute atomic E-state index is 12.7. The van der Waals surface area contributed by atoms with Gasteiger partial charge in [-0.05, 0) is 6.07 Å². The van der Waals surface area contributed by atoms with Crippen LogP contribution in [0.2, 0.25) is 0 Å². The summed E-state index contributed by atoms with van der Waals surface area (Å²) in [6.45, 7) is 0. The van der Waals surface area contributed by atoms with Gasteiger partial charge in [-0.2, -0.15) is 0 Å². The van der Waals surface area contributed by atoms with E-state index in [1.807, 2.05) is 0 Å². The second-order valence-corrected chi connectivity index (χ2v) is 3.07. The first kappa shape index (κ1) is 9.64. The number of aromatic amines is 1. The van der Waals surface area contributed by atoms with E-state index in [2.05, 4.69) is 4.98 Å². The van der Waals surface area contributed by atoms with Crippen molar-refractivity contribution in [3.8, 4) is 0 Å². The summed E-state index contributed by atoms with van der Waals surface area (Å²) < 4.78 is 25.3. The summed E-state index contributed by atoms with van der Waals surface area (Å²) in [5.41, 5.74) is -0.477. The van der Waals surface area contributed by atoms with Gasteiger partial charge < -0.3 is 10.1 Å². The number of aromatic nitrogens is 1. The number of hydrogen-bond acceptors (Lipinski definition) is 1. The zero-order chi connectivity index (χ0) is 11.0. The van der Waals surface area contributed by atoms with Gasteiger partial charge in [-0.15, -0.1) is 0 Å². The van der Waals surface area contributed by atoms with E-state index in [1.54, 1.807) is 18.2 Å². The summed E-state index contributed by atoms with van der Waals surface area (Å²) in [7, 11) is 0. The molecule has 5 heteroatoms. The van der Waals surface area contributed by atoms with Gasteiger partial charge in [0.2, 0.25) is 0 Å². The second kappa shape index (κ2) is 3.34. The van der Waals surface area contributed by atoms with Crippen molar-refractivity contribution in [1.29, 1.82) is 0 Å². The first-order valence-electron chi connectivity index (χ1n) is 4.23. The van der Waals surface area contributed by atoms with Crippen molar-refractivity contribution >= 4 is 16.9 Å². The molecule has 78 valence electrons. The number of carboxylic acids is 1. The number of alkyl halides is 2. The number of hydrogen-bond donors (Lipinski definition) is 2. The molecule has 0 unspecified atom stereocenters. The third-order valence-corrected chi connectivity index (χ3v) is 2.18. The highest BCUT2D eigenvalue weighted by Crippen LogP contribution is 2.31. The van der Waals surface area contributed by atoms with Gasteiger partial charge in [0.1, 0.15) is 5.69 Å². The van der Waals surface area contributed by atoms with Crippen LogP contribution in [0.4, 0.5) is 8.78 Å². The zero-order valence-electron chi connectivity index (χ0n) is 7.50. The highest BCUT2D eigenvalue weighted by Gasteiger charge is 2.23. The Morgan fingerprint density at radius 2 is 2.00 bits per heavy atom. The molecule has 2 N–H and O–H groups in total. The van der Waals surface area contributed by atoms with Gasteiger partial charge in [-0.1, -0.05) is 18.2 Å². The van der Waals surface area contributed by atoms with Gasteiger partial charge in [0, 0.05) is 10.9 Å². The second-order valence-electron chi connectivity index (χ2n) is 3.07. The summed E-state index contributed by atoms with van der Waals surface area (Å²) in [4.78, 5) is 13.2. The van der Waals surface area contributed by atoms with Crippen LogP contribution in [0, 0.1) is 0 Å². The lowest BCUT2D eigenvalue weighted by Crippen LogP contribution is -2.01. The Hall–Kier alpha value is -1.91. The number of H-pyrrole nitrogens is 1. The Balaban J connectivity index is 2.80. The summed E-state index contributed by atoms with van der Waals surface area (Å²) >= 11 is 0. The van der Waals surface area contributed by atoms with Crippen LogP contribution in [-0.2, 0) is 0 Å². The van der Waals surface area contributed by atoms with E-state index in [-0.39, 0.29) is 5.39 Å². The number of nitrogens with one attached hydrogen (secondary N) is 1. The van der Waals surface area contributed by atoms with E-state index >= 15 is 0 Å². The summed E-state index contributed by atoms with van der Waals surface area (Å²) in [5.74, 6) is -1.37. The molecule has 0 bridgehead atoms. The van der Waals surface area contributed by atoms with Gasteiger partial charge >= 0.3 is 5.97 Å². The molecule has 0 aliphatic heterocycles. The van der Waals surface area contributed by atoms with E-state index in [1.165, 1.54) is 6.07 Å². The standard InChI is InChI=1S/C10H7F2NO2/c11-9(12)7-5-3-1-2-4-6(5)13-8(7)10(14)15/h1-4,9,13H,(H,14,15). The Morgan fingerprint density at radius 1 is 1.33 bits per heavy atom. The number of carboxylic acid groups (broad SMARTS) is 1. The monoisotopic (exact) mass is 211 g/mol. The molecule has 0 aliphatic carbocycles. The number of aromatic carboxylic acids is 1. The largest absolute Gasteiger partial charge is 0.477 e. The normalized spacial score (nSPS) is 11.1. The fourth-order valence-electron chi connectivity index (χ4n) is 1.56. The number of para-hydroxylation sites is 1. The van der Waals surface area contributed by atoms with Crippen molar-refractivity contribution in [1.82, 2.24) is 4.98 Å². The fourth-order valence-corrected chi connectivity index (χ4v) is 1.56. The number of carbonyl (C=O) groups is 1. The Bertz CT molecular complexity index is 519. The molecule has 0 amide bonds. The third-order valence-electron chi connectivity index (χ3n) is 2.18. The maximum Gasteiger partial charge on any atom is 0.352 e. The third kappa shape index (κ3) is 1.45. The van der Waals surface area contributed by atoms with Crippen LogP contribution in [0.1, 0.15) is 22.5 Å². The van der Waals surface area contributed by atoms with Crippen LogP contribution >= 0.6 is 0 Å². The smallest absolute Gasteiger partial charge is 0.352 e. The van der Waals surface area contributed by atoms with Crippen molar-refractivity contribution in [3.63, 3.8) is 0 Å². The number of rotatable bonds is 2. The average Bonchev–Trinajstić information content (AvgIpc) is 2.56. The van der Waals surface area contributed by atoms with Crippen LogP contribution in [-0.4, -0.2) is 16.1 Å². The zero-order valence-corrected chi connectivity index (χ0v) is 7.50. The highest BCUT2D eigenvalue weighted by atomic mass is 19.3. The number of fused-ring (bicyclic) bond motifs is 1. The summed E-state index contributed by atoms with van der Waals surface area (Å²) in [5, 5.41) is 9.01. The SMILES string of the molecule is O=C(O)c1[nH]c2ccccc2c1C(F)F. The van der Waals surface area contributed by atoms with Crippen LogP contribution in [0.15, 0.2) is 24.3 Å². The van der Waals surface area contributed by atoms with E-state index in [4.69, 9.17) is 5.11 Å². The van der Waals surface area contributed by atoms with Gasteiger partial charge in [0.25, 0.3) is 6.43 Å². The average molecular weight is 211 g/mol. The van der Waals surface area contributed by atoms with Crippen LogP contribution in [0.3, 0.4) is 0 Å². The minimum atomic E-state index is -2.80. The van der Waals surface area contributed by atoms with E-state index in [9.17, 15) is 13.6 Å². The first-order chi connectivity index (χ1) is 7.11. The molecule has 3 nitrogen and oxygen atoms in total. The Morgan fingerprint density at radius 3 is 2.60 bits per heavy atom. The lowest BCUT2D eigenvalue weighted by molar-refractivity contribution is 0.0679. The molecular formula is C10H7F2NO2. The molecule has 0 atom stereocenters.